The number of rotatable bonds is 7. The van der Waals surface area contributed by atoms with Crippen LogP contribution in [0.4, 0.5) is 105 Å². The molecule has 26 heteroatoms. The van der Waals surface area contributed by atoms with Gasteiger partial charge >= 0.3 is 157 Å². The van der Waals surface area contributed by atoms with Crippen LogP contribution in [0.1, 0.15) is 52.7 Å². The SMILES string of the molecule is CC(C)(C)c1ccc([I+]c2ccc(C(C)(C)C)cc2)cc1.FC(F)(F)C(F)(F)C(F)(F)P(F)(F)(F)C(F)(F)C(F)(F)C(F)(F)F.FC(F)C(F)(F)C(F)(F)F. The van der Waals surface area contributed by atoms with Crippen molar-refractivity contribution in [3.8, 4) is 0 Å². The molecule has 55 heavy (non-hydrogen) atoms. The Bertz CT molecular complexity index is 1430. The second-order valence-electron chi connectivity index (χ2n) is 13.1. The number of benzene rings is 2. The minimum Gasteiger partial charge on any atom is -0.203 e. The maximum absolute atomic E-state index is 12.7. The summed E-state index contributed by atoms with van der Waals surface area (Å²) in [5.74, 6) is -22.7. The predicted octanol–water partition coefficient (Wildman–Crippen LogP) is 11.6. The molecule has 0 saturated carbocycles. The number of hydrogen-bond donors (Lipinski definition) is 0. The summed E-state index contributed by atoms with van der Waals surface area (Å²) in [6.45, 7) is 13.6. The Labute approximate surface area is 306 Å². The van der Waals surface area contributed by atoms with Crippen LogP contribution < -0.4 is 21.2 Å². The molecule has 0 radical (unpaired) electrons. The van der Waals surface area contributed by atoms with Crippen molar-refractivity contribution < 1.29 is 126 Å². The molecule has 0 aliphatic heterocycles. The first-order chi connectivity index (χ1) is 23.6. The van der Waals surface area contributed by atoms with Gasteiger partial charge in [0.1, 0.15) is 0 Å². The van der Waals surface area contributed by atoms with Crippen molar-refractivity contribution in [1.29, 1.82) is 0 Å². The molecule has 2 rings (SSSR count). The Kier molecular flexibility index (Phi) is 15.3. The van der Waals surface area contributed by atoms with Gasteiger partial charge in [0.2, 0.25) is 0 Å². The molecule has 0 unspecified atom stereocenters. The molecular weight excluding hydrogens is 962 g/mol. The topological polar surface area (TPSA) is 0 Å². The molecule has 0 atom stereocenters. The summed E-state index contributed by atoms with van der Waals surface area (Å²) in [5, 5.41) is 0. The van der Waals surface area contributed by atoms with E-state index in [0.717, 1.165) is 0 Å². The minimum absolute atomic E-state index is 0.0703. The monoisotopic (exact) mass is 989 g/mol. The van der Waals surface area contributed by atoms with Gasteiger partial charge in [-0.1, -0.05) is 65.8 Å². The second-order valence-corrected chi connectivity index (χ2v) is 18.8. The molecule has 322 valence electrons. The molecular formula is C29H27F24IP+. The zero-order chi connectivity index (χ0) is 44.7. The van der Waals surface area contributed by atoms with Gasteiger partial charge in [0.25, 0.3) is 0 Å². The van der Waals surface area contributed by atoms with E-state index >= 15 is 0 Å². The summed E-state index contributed by atoms with van der Waals surface area (Å²) < 4.78 is 286. The van der Waals surface area contributed by atoms with Gasteiger partial charge in [0, 0.05) is 0 Å². The minimum atomic E-state index is -12.3. The maximum Gasteiger partial charge on any atom is 0.459 e. The van der Waals surface area contributed by atoms with Gasteiger partial charge in [-0.05, 0) is 46.2 Å². The zero-order valence-electron chi connectivity index (χ0n) is 28.1. The molecule has 0 spiro atoms. The first kappa shape index (κ1) is 52.9. The standard InChI is InChI=1S/C20H26I.C6F17P.C3HF7/c1-19(2,3)15-7-11-17(12-8-15)21-18-13-9-16(10-14-18)20(4,5)6;7-1(8,3(11,12)13)5(17,18)24(21,22,23)6(19,20)2(9,10)4(14,15)16;4-1(5)2(6,7)3(8,9)10/h7-14H,1-6H3;;1H/q+1;;. The summed E-state index contributed by atoms with van der Waals surface area (Å²) in [7, 11) is -12.3. The average molecular weight is 989 g/mol. The smallest absolute Gasteiger partial charge is 0.203 e. The number of alkyl halides is 21. The van der Waals surface area contributed by atoms with E-state index in [4.69, 9.17) is 0 Å². The summed E-state index contributed by atoms with van der Waals surface area (Å²) in [6.07, 6.45) is -26.7. The van der Waals surface area contributed by atoms with Crippen LogP contribution >= 0.6 is 7.54 Å². The van der Waals surface area contributed by atoms with Gasteiger partial charge in [-0.25, -0.2) is 8.78 Å². The van der Waals surface area contributed by atoms with Crippen LogP contribution in [0.3, 0.4) is 0 Å². The van der Waals surface area contributed by atoms with Crippen LogP contribution in [0.5, 0.6) is 0 Å². The summed E-state index contributed by atoms with van der Waals surface area (Å²) in [4.78, 5) is 0. The third-order valence-electron chi connectivity index (χ3n) is 6.68. The van der Waals surface area contributed by atoms with E-state index < -0.39 is 61.6 Å². The van der Waals surface area contributed by atoms with Crippen molar-refractivity contribution in [2.75, 3.05) is 0 Å². The van der Waals surface area contributed by atoms with Crippen molar-refractivity contribution in [2.45, 2.75) is 106 Å². The molecule has 0 aliphatic carbocycles. The summed E-state index contributed by atoms with van der Waals surface area (Å²) >= 11 is -0.0703. The van der Waals surface area contributed by atoms with Gasteiger partial charge < -0.3 is 0 Å². The number of hydrogen-bond acceptors (Lipinski definition) is 0. The molecule has 0 saturated heterocycles. The fraction of sp³-hybridized carbons (Fsp3) is 0.586. The van der Waals surface area contributed by atoms with E-state index in [0.29, 0.717) is 0 Å². The van der Waals surface area contributed by atoms with E-state index in [2.05, 4.69) is 90.1 Å². The molecule has 0 amide bonds. The van der Waals surface area contributed by atoms with Crippen LogP contribution in [-0.4, -0.2) is 54.0 Å². The van der Waals surface area contributed by atoms with E-state index in [1.165, 1.54) is 18.3 Å². The quantitative estimate of drug-likeness (QED) is 0.147. The zero-order valence-corrected chi connectivity index (χ0v) is 31.1. The molecule has 0 nitrogen and oxygen atoms in total. The fourth-order valence-electron chi connectivity index (χ4n) is 3.25. The summed E-state index contributed by atoms with van der Waals surface area (Å²) in [5.41, 5.74) is -14.6. The molecule has 0 heterocycles. The number of halogens is 25. The second kappa shape index (κ2) is 15.9. The fourth-order valence-corrected chi connectivity index (χ4v) is 6.93. The molecule has 2 aromatic rings. The Hall–Kier alpha value is -2.08. The Morgan fingerprint density at radius 2 is 0.655 bits per heavy atom. The average Bonchev–Trinajstić information content (AvgIpc) is 2.95. The normalized spacial score (nSPS) is 15.4. The van der Waals surface area contributed by atoms with Crippen molar-refractivity contribution >= 4 is 7.54 Å². The van der Waals surface area contributed by atoms with Crippen molar-refractivity contribution in [3.05, 3.63) is 66.8 Å². The Balaban J connectivity index is 0.000000858. The van der Waals surface area contributed by atoms with Crippen LogP contribution in [0.2, 0.25) is 0 Å². The maximum atomic E-state index is 12.7. The van der Waals surface area contributed by atoms with E-state index in [9.17, 15) is 105 Å². The van der Waals surface area contributed by atoms with Gasteiger partial charge in [0.15, 0.2) is 7.14 Å². The molecule has 0 bridgehead atoms. The third kappa shape index (κ3) is 10.9. The molecule has 0 aromatic heterocycles. The van der Waals surface area contributed by atoms with Gasteiger partial charge in [-0.15, -0.1) is 0 Å². The summed E-state index contributed by atoms with van der Waals surface area (Å²) in [6, 6.07) is 18.4. The van der Waals surface area contributed by atoms with Crippen molar-refractivity contribution in [2.24, 2.45) is 0 Å². The molecule has 2 aromatic carbocycles. The predicted molar refractivity (Wildman–Crippen MR) is 147 cm³/mol. The molecule has 0 aliphatic rings. The van der Waals surface area contributed by atoms with Crippen LogP contribution in [0.15, 0.2) is 48.5 Å². The van der Waals surface area contributed by atoms with Crippen LogP contribution in [-0.2, 0) is 10.8 Å². The largest absolute Gasteiger partial charge is 0.459 e. The van der Waals surface area contributed by atoms with E-state index in [1.807, 2.05) is 0 Å². The van der Waals surface area contributed by atoms with E-state index in [-0.39, 0.29) is 32.0 Å². The Morgan fingerprint density at radius 3 is 0.800 bits per heavy atom. The molecule has 0 N–H and O–H groups in total. The van der Waals surface area contributed by atoms with Gasteiger partial charge in [0.05, 0.1) is 0 Å². The van der Waals surface area contributed by atoms with Crippen molar-refractivity contribution in [1.82, 2.24) is 0 Å². The first-order valence-electron chi connectivity index (χ1n) is 14.0. The van der Waals surface area contributed by atoms with Crippen molar-refractivity contribution in [3.63, 3.8) is 0 Å². The van der Waals surface area contributed by atoms with E-state index in [1.54, 1.807) is 0 Å². The third-order valence-corrected chi connectivity index (χ3v) is 11.8. The van der Waals surface area contributed by atoms with Crippen LogP contribution in [0.25, 0.3) is 0 Å². The van der Waals surface area contributed by atoms with Gasteiger partial charge in [-0.3, -0.25) is 0 Å². The molecule has 0 fully saturated rings. The van der Waals surface area contributed by atoms with Crippen LogP contribution in [0, 0.1) is 7.14 Å². The van der Waals surface area contributed by atoms with Gasteiger partial charge in [-0.2, -0.15) is 22.0 Å². The first-order valence-corrected chi connectivity index (χ1v) is 18.1. The Morgan fingerprint density at radius 1 is 0.418 bits per heavy atom.